The molecule has 26 heavy (non-hydrogen) atoms. The molecule has 1 saturated heterocycles. The van der Waals surface area contributed by atoms with E-state index in [1.165, 1.54) is 6.07 Å². The van der Waals surface area contributed by atoms with Crippen molar-refractivity contribution in [3.05, 3.63) is 46.3 Å². The summed E-state index contributed by atoms with van der Waals surface area (Å²) in [5.74, 6) is 0. The molecule has 0 radical (unpaired) electrons. The van der Waals surface area contributed by atoms with Crippen LogP contribution in [0.2, 0.25) is 0 Å². The van der Waals surface area contributed by atoms with E-state index in [2.05, 4.69) is 5.32 Å². The number of rotatable bonds is 4. The molecule has 0 spiro atoms. The van der Waals surface area contributed by atoms with Crippen LogP contribution in [0.25, 0.3) is 17.0 Å². The van der Waals surface area contributed by atoms with E-state index in [-0.39, 0.29) is 0 Å². The van der Waals surface area contributed by atoms with Gasteiger partial charge in [0, 0.05) is 23.2 Å². The summed E-state index contributed by atoms with van der Waals surface area (Å²) >= 11 is 0. The van der Waals surface area contributed by atoms with Crippen molar-refractivity contribution < 1.29 is 29.6 Å². The lowest BCUT2D eigenvalue weighted by atomic mass is 9.96. The average molecular weight is 363 g/mol. The van der Waals surface area contributed by atoms with Crippen molar-refractivity contribution in [1.82, 2.24) is 0 Å². The van der Waals surface area contributed by atoms with E-state index in [9.17, 15) is 20.1 Å². The van der Waals surface area contributed by atoms with Crippen molar-refractivity contribution in [2.24, 2.45) is 0 Å². The molecule has 0 saturated carbocycles. The summed E-state index contributed by atoms with van der Waals surface area (Å²) in [7, 11) is 0. The maximum atomic E-state index is 11.7. The highest BCUT2D eigenvalue weighted by atomic mass is 16.6. The highest BCUT2D eigenvalue weighted by Crippen LogP contribution is 2.26. The Labute approximate surface area is 149 Å². The van der Waals surface area contributed by atoms with E-state index in [1.54, 1.807) is 24.3 Å². The predicted octanol–water partition coefficient (Wildman–Crippen LogP) is 0.0379. The fraction of sp³-hybridized carbons (Fsp3) is 0.389. The van der Waals surface area contributed by atoms with Crippen molar-refractivity contribution in [1.29, 1.82) is 0 Å². The Morgan fingerprint density at radius 2 is 1.96 bits per heavy atom. The van der Waals surface area contributed by atoms with E-state index in [4.69, 9.17) is 14.3 Å². The summed E-state index contributed by atoms with van der Waals surface area (Å²) in [5.41, 5.74) is 1.02. The molecule has 140 valence electrons. The summed E-state index contributed by atoms with van der Waals surface area (Å²) in [6, 6.07) is 5.36. The summed E-state index contributed by atoms with van der Waals surface area (Å²) in [5, 5.41) is 42.9. The molecule has 8 nitrogen and oxygen atoms in total. The van der Waals surface area contributed by atoms with Crippen molar-refractivity contribution in [3.8, 4) is 0 Å². The van der Waals surface area contributed by atoms with Crippen molar-refractivity contribution >= 4 is 22.7 Å². The number of hydrogen-bond acceptors (Lipinski definition) is 8. The van der Waals surface area contributed by atoms with Gasteiger partial charge in [0.05, 0.1) is 6.61 Å². The summed E-state index contributed by atoms with van der Waals surface area (Å²) in [4.78, 5) is 11.7. The van der Waals surface area contributed by atoms with Crippen molar-refractivity contribution in [2.45, 2.75) is 37.6 Å². The highest BCUT2D eigenvalue weighted by molar-refractivity contribution is 5.88. The van der Waals surface area contributed by atoms with Crippen LogP contribution in [0.4, 0.5) is 5.69 Å². The minimum Gasteiger partial charge on any atom is -0.423 e. The van der Waals surface area contributed by atoms with Crippen LogP contribution in [0.5, 0.6) is 0 Å². The standard InChI is InChI=1S/C18H21NO7/c1-2-3-9-6-14(21)25-12-7-10(4-5-11(9)12)19-15-17(23)16(22)13(8-20)26-18(15)24/h2-7,13,15-20,22-24H,8H2,1H3/b3-2+/t13?,15?,16-,17-,18?/m0/s1. The molecule has 1 aliphatic heterocycles. The van der Waals surface area contributed by atoms with Crippen LogP contribution in [-0.4, -0.2) is 57.7 Å². The van der Waals surface area contributed by atoms with Gasteiger partial charge < -0.3 is 34.9 Å². The van der Waals surface area contributed by atoms with Gasteiger partial charge in [0.15, 0.2) is 6.29 Å². The molecule has 0 amide bonds. The minimum absolute atomic E-state index is 0.338. The molecule has 8 heteroatoms. The first-order valence-corrected chi connectivity index (χ1v) is 8.22. The van der Waals surface area contributed by atoms with Crippen LogP contribution in [0, 0.1) is 0 Å². The molecule has 2 aromatic rings. The SMILES string of the molecule is C/C=C/c1cc(=O)oc2cc(NC3C(O)OC(CO)[C@H](O)[C@H]3O)ccc12. The average Bonchev–Trinajstić information content (AvgIpc) is 2.61. The van der Waals surface area contributed by atoms with Crippen molar-refractivity contribution in [2.75, 3.05) is 11.9 Å². The van der Waals surface area contributed by atoms with Crippen LogP contribution in [0.1, 0.15) is 12.5 Å². The monoisotopic (exact) mass is 363 g/mol. The zero-order chi connectivity index (χ0) is 18.8. The Morgan fingerprint density at radius 3 is 2.65 bits per heavy atom. The number of benzene rings is 1. The third-order valence-electron chi connectivity index (χ3n) is 4.36. The summed E-state index contributed by atoms with van der Waals surface area (Å²) in [6.07, 6.45) is -1.64. The van der Waals surface area contributed by atoms with Gasteiger partial charge in [0.25, 0.3) is 0 Å². The quantitative estimate of drug-likeness (QED) is 0.481. The predicted molar refractivity (Wildman–Crippen MR) is 94.6 cm³/mol. The Bertz CT molecular complexity index is 862. The fourth-order valence-electron chi connectivity index (χ4n) is 3.04. The Kier molecular flexibility index (Phi) is 5.40. The number of ether oxygens (including phenoxy) is 1. The number of anilines is 1. The highest BCUT2D eigenvalue weighted by Gasteiger charge is 2.43. The molecule has 3 rings (SSSR count). The lowest BCUT2D eigenvalue weighted by molar-refractivity contribution is -0.245. The van der Waals surface area contributed by atoms with E-state index < -0.39 is 42.9 Å². The zero-order valence-electron chi connectivity index (χ0n) is 14.1. The summed E-state index contributed by atoms with van der Waals surface area (Å²) in [6.45, 7) is 1.31. The van der Waals surface area contributed by atoms with Crippen LogP contribution in [-0.2, 0) is 4.74 Å². The normalized spacial score (nSPS) is 29.3. The van der Waals surface area contributed by atoms with Gasteiger partial charge in [-0.05, 0) is 24.6 Å². The summed E-state index contributed by atoms with van der Waals surface area (Å²) < 4.78 is 10.3. The largest absolute Gasteiger partial charge is 0.423 e. The van der Waals surface area contributed by atoms with Gasteiger partial charge in [0.1, 0.15) is 29.9 Å². The molecule has 1 aromatic heterocycles. The van der Waals surface area contributed by atoms with E-state index in [1.807, 2.05) is 13.0 Å². The fourth-order valence-corrected chi connectivity index (χ4v) is 3.04. The number of fused-ring (bicyclic) bond motifs is 1. The van der Waals surface area contributed by atoms with Gasteiger partial charge >= 0.3 is 5.63 Å². The maximum Gasteiger partial charge on any atom is 0.336 e. The maximum absolute atomic E-state index is 11.7. The second-order valence-corrected chi connectivity index (χ2v) is 6.13. The molecule has 5 N–H and O–H groups in total. The Morgan fingerprint density at radius 1 is 1.19 bits per heavy atom. The third kappa shape index (κ3) is 3.50. The van der Waals surface area contributed by atoms with E-state index >= 15 is 0 Å². The second kappa shape index (κ2) is 7.56. The zero-order valence-corrected chi connectivity index (χ0v) is 14.1. The Hall–Kier alpha value is -2.23. The van der Waals surface area contributed by atoms with Gasteiger partial charge in [-0.2, -0.15) is 0 Å². The van der Waals surface area contributed by atoms with Crippen LogP contribution in [0.3, 0.4) is 0 Å². The van der Waals surface area contributed by atoms with Gasteiger partial charge in [-0.1, -0.05) is 12.2 Å². The minimum atomic E-state index is -1.44. The molecule has 2 heterocycles. The molecule has 3 unspecified atom stereocenters. The number of aliphatic hydroxyl groups excluding tert-OH is 4. The van der Waals surface area contributed by atoms with E-state index in [0.717, 1.165) is 5.39 Å². The lowest BCUT2D eigenvalue weighted by Gasteiger charge is -2.40. The molecule has 1 aromatic carbocycles. The first kappa shape index (κ1) is 18.6. The molecular formula is C18H21NO7. The Balaban J connectivity index is 1.90. The van der Waals surface area contributed by atoms with Gasteiger partial charge in [-0.25, -0.2) is 4.79 Å². The van der Waals surface area contributed by atoms with Crippen LogP contribution >= 0.6 is 0 Å². The molecular weight excluding hydrogens is 342 g/mol. The topological polar surface area (TPSA) is 132 Å². The molecule has 5 atom stereocenters. The van der Waals surface area contributed by atoms with Gasteiger partial charge in [-0.3, -0.25) is 0 Å². The van der Waals surface area contributed by atoms with E-state index in [0.29, 0.717) is 16.8 Å². The molecule has 1 aliphatic rings. The first-order valence-electron chi connectivity index (χ1n) is 8.22. The number of nitrogens with one attached hydrogen (secondary N) is 1. The second-order valence-electron chi connectivity index (χ2n) is 6.13. The number of allylic oxidation sites excluding steroid dienone is 1. The number of hydrogen-bond donors (Lipinski definition) is 5. The number of aliphatic hydroxyl groups is 4. The van der Waals surface area contributed by atoms with Crippen LogP contribution in [0.15, 0.2) is 39.6 Å². The van der Waals surface area contributed by atoms with Gasteiger partial charge in [0.2, 0.25) is 0 Å². The lowest BCUT2D eigenvalue weighted by Crippen LogP contribution is -2.61. The third-order valence-corrected chi connectivity index (χ3v) is 4.36. The van der Waals surface area contributed by atoms with Gasteiger partial charge in [-0.15, -0.1) is 0 Å². The van der Waals surface area contributed by atoms with Crippen molar-refractivity contribution in [3.63, 3.8) is 0 Å². The molecule has 0 bridgehead atoms. The smallest absolute Gasteiger partial charge is 0.336 e. The molecule has 0 aliphatic carbocycles. The first-order chi connectivity index (χ1) is 12.4. The van der Waals surface area contributed by atoms with Crippen LogP contribution < -0.4 is 10.9 Å². The molecule has 1 fully saturated rings.